The molecule has 0 aliphatic carbocycles. The molecule has 0 spiro atoms. The first kappa shape index (κ1) is 24.1. The molecule has 33 heavy (non-hydrogen) atoms. The van der Waals surface area contributed by atoms with E-state index in [9.17, 15) is 19.2 Å². The van der Waals surface area contributed by atoms with Crippen LogP contribution in [-0.4, -0.2) is 30.2 Å². The van der Waals surface area contributed by atoms with E-state index in [4.69, 9.17) is 4.74 Å². The number of imide groups is 1. The van der Waals surface area contributed by atoms with Gasteiger partial charge in [-0.05, 0) is 37.5 Å². The van der Waals surface area contributed by atoms with Crippen LogP contribution in [0.4, 0.5) is 5.00 Å². The number of esters is 1. The lowest BCUT2D eigenvalue weighted by Gasteiger charge is -2.21. The molecule has 2 aromatic carbocycles. The summed E-state index contributed by atoms with van der Waals surface area (Å²) >= 11 is 0.968. The standard InChI is InChI=1S/C26H25NO5S/c1-4-32-26(31)23-17(2)24(18(3)28)33-25(23)27(21(29)15-19-11-7-5-8-12-19)22(30)16-20-13-9-6-10-14-20/h5-14H,4,15-16H2,1-3H3. The predicted molar refractivity (Wildman–Crippen MR) is 128 cm³/mol. The van der Waals surface area contributed by atoms with Gasteiger partial charge in [-0.1, -0.05) is 60.7 Å². The molecule has 0 saturated heterocycles. The lowest BCUT2D eigenvalue weighted by molar-refractivity contribution is -0.125. The summed E-state index contributed by atoms with van der Waals surface area (Å²) in [6.07, 6.45) is -0.0635. The van der Waals surface area contributed by atoms with E-state index in [0.717, 1.165) is 27.4 Å². The lowest BCUT2D eigenvalue weighted by Crippen LogP contribution is -2.39. The number of benzene rings is 2. The molecule has 6 nitrogen and oxygen atoms in total. The molecule has 0 bridgehead atoms. The molecule has 3 rings (SSSR count). The Bertz CT molecular complexity index is 1110. The summed E-state index contributed by atoms with van der Waals surface area (Å²) in [5.41, 5.74) is 1.95. The van der Waals surface area contributed by atoms with Crippen LogP contribution in [-0.2, 0) is 27.2 Å². The van der Waals surface area contributed by atoms with Crippen molar-refractivity contribution in [3.05, 3.63) is 87.8 Å². The van der Waals surface area contributed by atoms with E-state index in [-0.39, 0.29) is 35.8 Å². The van der Waals surface area contributed by atoms with Gasteiger partial charge < -0.3 is 4.74 Å². The van der Waals surface area contributed by atoms with E-state index in [1.165, 1.54) is 6.92 Å². The van der Waals surface area contributed by atoms with Crippen molar-refractivity contribution < 1.29 is 23.9 Å². The van der Waals surface area contributed by atoms with Gasteiger partial charge in [0, 0.05) is 0 Å². The first-order chi connectivity index (χ1) is 15.8. The van der Waals surface area contributed by atoms with Crippen molar-refractivity contribution in [1.82, 2.24) is 0 Å². The van der Waals surface area contributed by atoms with Crippen molar-refractivity contribution in [3.63, 3.8) is 0 Å². The summed E-state index contributed by atoms with van der Waals surface area (Å²) in [6.45, 7) is 4.81. The second-order valence-corrected chi connectivity index (χ2v) is 8.46. The number of nitrogens with zero attached hydrogens (tertiary/aromatic N) is 1. The zero-order chi connectivity index (χ0) is 24.0. The number of Topliss-reactive ketones (excluding diaryl/α,β-unsaturated/α-hetero) is 1. The Morgan fingerprint density at radius 2 is 1.33 bits per heavy atom. The van der Waals surface area contributed by atoms with Gasteiger partial charge in [0.2, 0.25) is 11.8 Å². The van der Waals surface area contributed by atoms with Crippen molar-refractivity contribution >= 4 is 39.9 Å². The van der Waals surface area contributed by atoms with Gasteiger partial charge >= 0.3 is 5.97 Å². The molecule has 170 valence electrons. The van der Waals surface area contributed by atoms with Gasteiger partial charge in [-0.15, -0.1) is 11.3 Å². The van der Waals surface area contributed by atoms with Gasteiger partial charge in [-0.3, -0.25) is 14.4 Å². The second-order valence-electron chi connectivity index (χ2n) is 7.46. The van der Waals surface area contributed by atoms with Crippen molar-refractivity contribution in [2.75, 3.05) is 11.5 Å². The number of carbonyl (C=O) groups excluding carboxylic acids is 4. The molecule has 1 aromatic heterocycles. The highest BCUT2D eigenvalue weighted by molar-refractivity contribution is 7.19. The second kappa shape index (κ2) is 10.8. The minimum absolute atomic E-state index is 0.0318. The Labute approximate surface area is 196 Å². The monoisotopic (exact) mass is 463 g/mol. The van der Waals surface area contributed by atoms with Gasteiger partial charge in [-0.25, -0.2) is 9.69 Å². The highest BCUT2D eigenvalue weighted by atomic mass is 32.1. The predicted octanol–water partition coefficient (Wildman–Crippen LogP) is 4.78. The third-order valence-electron chi connectivity index (χ3n) is 5.03. The lowest BCUT2D eigenvalue weighted by atomic mass is 10.1. The van der Waals surface area contributed by atoms with E-state index in [0.29, 0.717) is 10.4 Å². The number of ether oxygens (including phenoxy) is 1. The van der Waals surface area contributed by atoms with Crippen LogP contribution in [0.3, 0.4) is 0 Å². The zero-order valence-electron chi connectivity index (χ0n) is 18.8. The van der Waals surface area contributed by atoms with Gasteiger partial charge in [-0.2, -0.15) is 0 Å². The Morgan fingerprint density at radius 3 is 1.76 bits per heavy atom. The third kappa shape index (κ3) is 5.62. The maximum atomic E-state index is 13.4. The summed E-state index contributed by atoms with van der Waals surface area (Å²) in [5, 5.41) is 0.123. The number of ketones is 1. The van der Waals surface area contributed by atoms with Crippen LogP contribution < -0.4 is 4.90 Å². The number of amides is 2. The van der Waals surface area contributed by atoms with Crippen molar-refractivity contribution in [3.8, 4) is 0 Å². The highest BCUT2D eigenvalue weighted by Gasteiger charge is 2.33. The topological polar surface area (TPSA) is 80.8 Å². The van der Waals surface area contributed by atoms with E-state index in [2.05, 4.69) is 0 Å². The first-order valence-electron chi connectivity index (χ1n) is 10.6. The summed E-state index contributed by atoms with van der Waals surface area (Å²) in [7, 11) is 0. The fourth-order valence-corrected chi connectivity index (χ4v) is 4.73. The normalized spacial score (nSPS) is 10.5. The molecule has 7 heteroatoms. The minimum atomic E-state index is -0.668. The Balaban J connectivity index is 2.10. The first-order valence-corrected chi connectivity index (χ1v) is 11.4. The highest BCUT2D eigenvalue weighted by Crippen LogP contribution is 2.37. The van der Waals surface area contributed by atoms with Gasteiger partial charge in [0.15, 0.2) is 5.78 Å². The van der Waals surface area contributed by atoms with E-state index in [1.54, 1.807) is 38.1 Å². The smallest absolute Gasteiger partial charge is 0.341 e. The molecule has 0 aliphatic rings. The van der Waals surface area contributed by atoms with Crippen LogP contribution in [0.15, 0.2) is 60.7 Å². The number of thiophene rings is 1. The SMILES string of the molecule is CCOC(=O)c1c(N(C(=O)Cc2ccccc2)C(=O)Cc2ccccc2)sc(C(C)=O)c1C. The van der Waals surface area contributed by atoms with Crippen LogP contribution in [0.5, 0.6) is 0 Å². The number of carbonyl (C=O) groups is 4. The van der Waals surface area contributed by atoms with Gasteiger partial charge in [0.1, 0.15) is 5.00 Å². The van der Waals surface area contributed by atoms with Crippen LogP contribution in [0.2, 0.25) is 0 Å². The Hall–Kier alpha value is -3.58. The van der Waals surface area contributed by atoms with Gasteiger partial charge in [0.05, 0.1) is 29.9 Å². The molecule has 0 fully saturated rings. The average molecular weight is 464 g/mol. The molecule has 0 radical (unpaired) electrons. The van der Waals surface area contributed by atoms with E-state index >= 15 is 0 Å². The molecule has 0 aliphatic heterocycles. The fourth-order valence-electron chi connectivity index (χ4n) is 3.50. The molecule has 0 unspecified atom stereocenters. The fraction of sp³-hybridized carbons (Fsp3) is 0.231. The molecule has 0 atom stereocenters. The minimum Gasteiger partial charge on any atom is -0.462 e. The number of hydrogen-bond donors (Lipinski definition) is 0. The van der Waals surface area contributed by atoms with Crippen molar-refractivity contribution in [1.29, 1.82) is 0 Å². The molecule has 1 heterocycles. The summed E-state index contributed by atoms with van der Waals surface area (Å²) in [4.78, 5) is 53.3. The molecular formula is C26H25NO5S. The molecule has 0 N–H and O–H groups in total. The number of rotatable bonds is 8. The molecular weight excluding hydrogens is 438 g/mol. The molecule has 2 amide bonds. The van der Waals surface area contributed by atoms with Crippen molar-refractivity contribution in [2.24, 2.45) is 0 Å². The summed E-state index contributed by atoms with van der Waals surface area (Å²) in [5.74, 6) is -1.88. The number of hydrogen-bond acceptors (Lipinski definition) is 6. The van der Waals surface area contributed by atoms with Crippen LogP contribution >= 0.6 is 11.3 Å². The van der Waals surface area contributed by atoms with E-state index in [1.807, 2.05) is 36.4 Å². The van der Waals surface area contributed by atoms with Crippen LogP contribution in [0.25, 0.3) is 0 Å². The molecule has 3 aromatic rings. The largest absolute Gasteiger partial charge is 0.462 e. The summed E-state index contributed by atoms with van der Waals surface area (Å²) < 4.78 is 5.20. The zero-order valence-corrected chi connectivity index (χ0v) is 19.6. The average Bonchev–Trinajstić information content (AvgIpc) is 3.12. The van der Waals surface area contributed by atoms with E-state index < -0.39 is 17.8 Å². The van der Waals surface area contributed by atoms with Crippen LogP contribution in [0.1, 0.15) is 50.6 Å². The Kier molecular flexibility index (Phi) is 7.90. The Morgan fingerprint density at radius 1 is 0.848 bits per heavy atom. The molecule has 0 saturated carbocycles. The van der Waals surface area contributed by atoms with Gasteiger partial charge in [0.25, 0.3) is 0 Å². The quantitative estimate of drug-likeness (QED) is 0.355. The third-order valence-corrected chi connectivity index (χ3v) is 6.40. The number of anilines is 1. The summed E-state index contributed by atoms with van der Waals surface area (Å²) in [6, 6.07) is 18.1. The van der Waals surface area contributed by atoms with Crippen molar-refractivity contribution in [2.45, 2.75) is 33.6 Å². The van der Waals surface area contributed by atoms with Crippen LogP contribution in [0, 0.1) is 6.92 Å². The maximum Gasteiger partial charge on any atom is 0.341 e. The maximum absolute atomic E-state index is 13.4.